The zero-order valence-electron chi connectivity index (χ0n) is 12.1. The number of fused-ring (bicyclic) bond motifs is 3. The first-order valence-electron chi connectivity index (χ1n) is 7.43. The summed E-state index contributed by atoms with van der Waals surface area (Å²) in [7, 11) is 0. The molecule has 0 fully saturated rings. The van der Waals surface area contributed by atoms with Crippen molar-refractivity contribution in [1.29, 1.82) is 0 Å². The summed E-state index contributed by atoms with van der Waals surface area (Å²) in [5.74, 6) is 0.705. The molecule has 2 heteroatoms. The predicted octanol–water partition coefficient (Wildman–Crippen LogP) is 5.43. The Morgan fingerprint density at radius 1 is 1.05 bits per heavy atom. The fourth-order valence-electron chi connectivity index (χ4n) is 2.72. The molecule has 1 N–H and O–H groups in total. The molecule has 2 nitrogen and oxygen atoms in total. The Morgan fingerprint density at radius 2 is 1.85 bits per heavy atom. The highest BCUT2D eigenvalue weighted by Gasteiger charge is 2.07. The van der Waals surface area contributed by atoms with Gasteiger partial charge < -0.3 is 9.73 Å². The van der Waals surface area contributed by atoms with Crippen molar-refractivity contribution in [2.45, 2.75) is 26.7 Å². The van der Waals surface area contributed by atoms with Crippen molar-refractivity contribution in [3.8, 4) is 0 Å². The van der Waals surface area contributed by atoms with Gasteiger partial charge in [-0.05, 0) is 36.6 Å². The van der Waals surface area contributed by atoms with Crippen molar-refractivity contribution in [3.05, 3.63) is 42.5 Å². The summed E-state index contributed by atoms with van der Waals surface area (Å²) in [6.45, 7) is 5.55. The molecule has 0 radical (unpaired) electrons. The van der Waals surface area contributed by atoms with Crippen molar-refractivity contribution < 1.29 is 4.42 Å². The lowest BCUT2D eigenvalue weighted by Gasteiger charge is -2.12. The Morgan fingerprint density at radius 3 is 2.70 bits per heavy atom. The van der Waals surface area contributed by atoms with Crippen LogP contribution in [0.4, 0.5) is 5.69 Å². The van der Waals surface area contributed by atoms with Gasteiger partial charge >= 0.3 is 0 Å². The first-order valence-corrected chi connectivity index (χ1v) is 7.43. The molecular formula is C18H21NO. The number of hydrogen-bond donors (Lipinski definition) is 1. The smallest absolute Gasteiger partial charge is 0.135 e. The molecule has 3 aromatic rings. The van der Waals surface area contributed by atoms with E-state index < -0.39 is 0 Å². The summed E-state index contributed by atoms with van der Waals surface area (Å²) in [4.78, 5) is 0. The molecular weight excluding hydrogens is 246 g/mol. The van der Waals surface area contributed by atoms with E-state index in [1.165, 1.54) is 29.3 Å². The van der Waals surface area contributed by atoms with E-state index in [2.05, 4.69) is 49.5 Å². The standard InChI is InChI=1S/C18H21NO/c1-3-6-13(2)12-19-14-9-10-18-16(11-14)15-7-4-5-8-17(15)20-18/h4-5,7-11,13,19H,3,6,12H2,1-2H3. The Hall–Kier alpha value is -1.96. The molecule has 1 heterocycles. The second kappa shape index (κ2) is 5.58. The van der Waals surface area contributed by atoms with E-state index in [-0.39, 0.29) is 0 Å². The molecule has 0 amide bonds. The van der Waals surface area contributed by atoms with Gasteiger partial charge in [0.25, 0.3) is 0 Å². The fourth-order valence-corrected chi connectivity index (χ4v) is 2.72. The van der Waals surface area contributed by atoms with Crippen LogP contribution in [0.15, 0.2) is 46.9 Å². The van der Waals surface area contributed by atoms with Crippen LogP contribution in [-0.2, 0) is 0 Å². The molecule has 1 unspecified atom stereocenters. The van der Waals surface area contributed by atoms with Crippen LogP contribution in [0.1, 0.15) is 26.7 Å². The molecule has 0 aliphatic heterocycles. The highest BCUT2D eigenvalue weighted by Crippen LogP contribution is 2.30. The highest BCUT2D eigenvalue weighted by molar-refractivity contribution is 6.05. The van der Waals surface area contributed by atoms with E-state index in [0.717, 1.165) is 17.7 Å². The molecule has 0 aliphatic rings. The number of benzene rings is 2. The topological polar surface area (TPSA) is 25.2 Å². The van der Waals surface area contributed by atoms with Gasteiger partial charge in [0.1, 0.15) is 11.2 Å². The highest BCUT2D eigenvalue weighted by atomic mass is 16.3. The molecule has 0 aliphatic carbocycles. The second-order valence-corrected chi connectivity index (χ2v) is 5.58. The largest absolute Gasteiger partial charge is 0.456 e. The molecule has 0 bridgehead atoms. The molecule has 20 heavy (non-hydrogen) atoms. The third kappa shape index (κ3) is 2.51. The van der Waals surface area contributed by atoms with E-state index in [9.17, 15) is 0 Å². The third-order valence-corrected chi connectivity index (χ3v) is 3.81. The minimum atomic E-state index is 0.705. The van der Waals surface area contributed by atoms with Gasteiger partial charge in [-0.3, -0.25) is 0 Å². The Labute approximate surface area is 119 Å². The van der Waals surface area contributed by atoms with Crippen molar-refractivity contribution in [2.24, 2.45) is 5.92 Å². The van der Waals surface area contributed by atoms with Gasteiger partial charge in [-0.15, -0.1) is 0 Å². The first kappa shape index (κ1) is 13.0. The lowest BCUT2D eigenvalue weighted by atomic mass is 10.1. The molecule has 1 atom stereocenters. The SMILES string of the molecule is CCCC(C)CNc1ccc2oc3ccccc3c2c1. The molecule has 1 aromatic heterocycles. The number of nitrogens with one attached hydrogen (secondary N) is 1. The summed E-state index contributed by atoms with van der Waals surface area (Å²) in [5, 5.41) is 5.91. The van der Waals surface area contributed by atoms with Gasteiger partial charge in [0.15, 0.2) is 0 Å². The molecule has 0 saturated carbocycles. The molecule has 0 spiro atoms. The van der Waals surface area contributed by atoms with Crippen LogP contribution in [0.2, 0.25) is 0 Å². The van der Waals surface area contributed by atoms with E-state index in [1.807, 2.05) is 12.1 Å². The van der Waals surface area contributed by atoms with E-state index in [0.29, 0.717) is 5.92 Å². The van der Waals surface area contributed by atoms with Crippen molar-refractivity contribution in [2.75, 3.05) is 11.9 Å². The van der Waals surface area contributed by atoms with Crippen LogP contribution >= 0.6 is 0 Å². The number of rotatable bonds is 5. The maximum Gasteiger partial charge on any atom is 0.135 e. The molecule has 0 saturated heterocycles. The van der Waals surface area contributed by atoms with Crippen molar-refractivity contribution in [1.82, 2.24) is 0 Å². The monoisotopic (exact) mass is 267 g/mol. The van der Waals surface area contributed by atoms with Crippen LogP contribution in [0.3, 0.4) is 0 Å². The third-order valence-electron chi connectivity index (χ3n) is 3.81. The van der Waals surface area contributed by atoms with Crippen LogP contribution in [0.5, 0.6) is 0 Å². The number of anilines is 1. The number of para-hydroxylation sites is 1. The van der Waals surface area contributed by atoms with Crippen LogP contribution < -0.4 is 5.32 Å². The van der Waals surface area contributed by atoms with Gasteiger partial charge in [-0.25, -0.2) is 0 Å². The summed E-state index contributed by atoms with van der Waals surface area (Å²) in [6.07, 6.45) is 2.51. The van der Waals surface area contributed by atoms with E-state index in [1.54, 1.807) is 0 Å². The molecule has 2 aromatic carbocycles. The van der Waals surface area contributed by atoms with Gasteiger partial charge in [0.2, 0.25) is 0 Å². The zero-order valence-corrected chi connectivity index (χ0v) is 12.1. The predicted molar refractivity (Wildman–Crippen MR) is 86.3 cm³/mol. The minimum Gasteiger partial charge on any atom is -0.456 e. The van der Waals surface area contributed by atoms with Crippen LogP contribution in [-0.4, -0.2) is 6.54 Å². The van der Waals surface area contributed by atoms with Gasteiger partial charge in [0.05, 0.1) is 0 Å². The van der Waals surface area contributed by atoms with Gasteiger partial charge in [0, 0.05) is 23.0 Å². The average Bonchev–Trinajstić information content (AvgIpc) is 2.83. The number of hydrogen-bond acceptors (Lipinski definition) is 2. The van der Waals surface area contributed by atoms with Gasteiger partial charge in [-0.1, -0.05) is 38.5 Å². The summed E-state index contributed by atoms with van der Waals surface area (Å²) < 4.78 is 5.84. The van der Waals surface area contributed by atoms with Gasteiger partial charge in [-0.2, -0.15) is 0 Å². The fraction of sp³-hybridized carbons (Fsp3) is 0.333. The Bertz CT molecular complexity index is 714. The molecule has 3 rings (SSSR count). The molecule has 104 valence electrons. The lowest BCUT2D eigenvalue weighted by Crippen LogP contribution is -2.10. The Kier molecular flexibility index (Phi) is 3.64. The van der Waals surface area contributed by atoms with Crippen molar-refractivity contribution >= 4 is 27.6 Å². The summed E-state index contributed by atoms with van der Waals surface area (Å²) >= 11 is 0. The quantitative estimate of drug-likeness (QED) is 0.666. The lowest BCUT2D eigenvalue weighted by molar-refractivity contribution is 0.551. The Balaban J connectivity index is 1.88. The average molecular weight is 267 g/mol. The van der Waals surface area contributed by atoms with Crippen LogP contribution in [0.25, 0.3) is 21.9 Å². The van der Waals surface area contributed by atoms with Crippen LogP contribution in [0, 0.1) is 5.92 Å². The van der Waals surface area contributed by atoms with E-state index in [4.69, 9.17) is 4.42 Å². The normalized spacial score (nSPS) is 12.9. The van der Waals surface area contributed by atoms with Crippen molar-refractivity contribution in [3.63, 3.8) is 0 Å². The maximum absolute atomic E-state index is 5.84. The summed E-state index contributed by atoms with van der Waals surface area (Å²) in [6, 6.07) is 14.6. The number of furan rings is 1. The zero-order chi connectivity index (χ0) is 13.9. The van der Waals surface area contributed by atoms with E-state index >= 15 is 0 Å². The summed E-state index contributed by atoms with van der Waals surface area (Å²) in [5.41, 5.74) is 3.09. The second-order valence-electron chi connectivity index (χ2n) is 5.58. The minimum absolute atomic E-state index is 0.705. The first-order chi connectivity index (χ1) is 9.78. The maximum atomic E-state index is 5.84.